The number of allylic oxidation sites excluding steroid dienone is 1. The molecule has 0 aliphatic carbocycles. The smallest absolute Gasteiger partial charge is 0.345 e. The molecule has 0 saturated heterocycles. The molecule has 0 aliphatic heterocycles. The van der Waals surface area contributed by atoms with Crippen molar-refractivity contribution < 1.29 is 19.1 Å². The molecule has 0 aromatic carbocycles. The Balaban J connectivity index is 4.05. The molecule has 0 unspecified atom stereocenters. The highest BCUT2D eigenvalue weighted by Gasteiger charge is 2.23. The Hall–Kier alpha value is -2.18. The van der Waals surface area contributed by atoms with E-state index in [9.17, 15) is 9.59 Å². The molecule has 0 N–H and O–H groups in total. The van der Waals surface area contributed by atoms with Gasteiger partial charge in [-0.2, -0.15) is 4.79 Å². The molecule has 0 saturated carbocycles. The van der Waals surface area contributed by atoms with Crippen molar-refractivity contribution >= 4 is 17.5 Å². The Kier molecular flexibility index (Phi) is 9.69. The van der Waals surface area contributed by atoms with Crippen LogP contribution in [0.3, 0.4) is 0 Å². The quantitative estimate of drug-likeness (QED) is 0.127. The van der Waals surface area contributed by atoms with Gasteiger partial charge < -0.3 is 10.3 Å². The molecule has 0 aromatic rings. The summed E-state index contributed by atoms with van der Waals surface area (Å²) in [7, 11) is 1.20. The van der Waals surface area contributed by atoms with Crippen LogP contribution in [0.15, 0.2) is 12.7 Å². The van der Waals surface area contributed by atoms with E-state index in [-0.39, 0.29) is 18.6 Å². The number of carbonyl (C=O) groups is 2. The Labute approximate surface area is 113 Å². The second-order valence-electron chi connectivity index (χ2n) is 3.76. The number of esters is 1. The Morgan fingerprint density at radius 1 is 1.37 bits per heavy atom. The van der Waals surface area contributed by atoms with E-state index in [1.807, 2.05) is 6.08 Å². The van der Waals surface area contributed by atoms with Crippen molar-refractivity contribution in [3.8, 4) is 11.8 Å². The van der Waals surface area contributed by atoms with E-state index in [0.29, 0.717) is 6.42 Å². The van der Waals surface area contributed by atoms with Crippen LogP contribution in [0.25, 0.3) is 5.53 Å². The summed E-state index contributed by atoms with van der Waals surface area (Å²) in [6, 6.07) is 0. The first kappa shape index (κ1) is 16.8. The maximum atomic E-state index is 11.6. The van der Waals surface area contributed by atoms with Crippen LogP contribution in [0.2, 0.25) is 0 Å². The van der Waals surface area contributed by atoms with Crippen LogP contribution in [0.4, 0.5) is 0 Å². The lowest BCUT2D eigenvalue weighted by Crippen LogP contribution is -2.19. The first-order valence-electron chi connectivity index (χ1n) is 6.03. The van der Waals surface area contributed by atoms with Gasteiger partial charge in [-0.1, -0.05) is 6.08 Å². The summed E-state index contributed by atoms with van der Waals surface area (Å²) < 4.78 is 4.39. The second-order valence-corrected chi connectivity index (χ2v) is 3.76. The summed E-state index contributed by atoms with van der Waals surface area (Å²) in [6.45, 7) is 3.61. The highest BCUT2D eigenvalue weighted by molar-refractivity contribution is 6.40. The number of hydrogen-bond donors (Lipinski definition) is 0. The summed E-state index contributed by atoms with van der Waals surface area (Å²) in [5, 5.41) is 0. The van der Waals surface area contributed by atoms with Gasteiger partial charge in [-0.25, -0.2) is 0 Å². The molecule has 102 valence electrons. The monoisotopic (exact) mass is 262 g/mol. The van der Waals surface area contributed by atoms with Crippen molar-refractivity contribution in [1.29, 1.82) is 0 Å². The van der Waals surface area contributed by atoms with Crippen LogP contribution in [-0.2, 0) is 14.3 Å². The van der Waals surface area contributed by atoms with E-state index in [1.54, 1.807) is 0 Å². The van der Waals surface area contributed by atoms with Crippen LogP contribution in [0, 0.1) is 11.8 Å². The molecule has 0 aromatic heterocycles. The van der Waals surface area contributed by atoms with Crippen molar-refractivity contribution in [2.24, 2.45) is 0 Å². The minimum Gasteiger partial charge on any atom is -0.469 e. The maximum absolute atomic E-state index is 11.6. The highest BCUT2D eigenvalue weighted by atomic mass is 16.5. The van der Waals surface area contributed by atoms with Gasteiger partial charge in [-0.15, -0.1) is 18.4 Å². The van der Waals surface area contributed by atoms with Crippen LogP contribution < -0.4 is 0 Å². The Morgan fingerprint density at radius 2 is 2.05 bits per heavy atom. The number of methoxy groups -OCH3 is 1. The van der Waals surface area contributed by atoms with Crippen molar-refractivity contribution in [3.05, 3.63) is 18.2 Å². The van der Waals surface area contributed by atoms with E-state index in [4.69, 9.17) is 5.53 Å². The molecular formula is C14H18N2O3. The van der Waals surface area contributed by atoms with Crippen LogP contribution >= 0.6 is 0 Å². The zero-order valence-electron chi connectivity index (χ0n) is 11.1. The number of ether oxygens (including phenoxy) is 1. The lowest BCUT2D eigenvalue weighted by atomic mass is 10.1. The molecule has 0 aliphatic rings. The fourth-order valence-corrected chi connectivity index (χ4v) is 1.23. The van der Waals surface area contributed by atoms with Crippen molar-refractivity contribution in [1.82, 2.24) is 0 Å². The summed E-state index contributed by atoms with van der Waals surface area (Å²) in [4.78, 5) is 25.4. The largest absolute Gasteiger partial charge is 0.469 e. The summed E-state index contributed by atoms with van der Waals surface area (Å²) in [5.74, 6) is 4.79. The molecule has 0 amide bonds. The number of hydrogen-bond acceptors (Lipinski definition) is 3. The third kappa shape index (κ3) is 8.53. The molecule has 0 rings (SSSR count). The van der Waals surface area contributed by atoms with E-state index in [0.717, 1.165) is 19.3 Å². The Morgan fingerprint density at radius 3 is 2.63 bits per heavy atom. The number of rotatable bonds is 8. The van der Waals surface area contributed by atoms with E-state index >= 15 is 0 Å². The van der Waals surface area contributed by atoms with Gasteiger partial charge in [0.15, 0.2) is 6.42 Å². The first-order valence-corrected chi connectivity index (χ1v) is 6.03. The topological polar surface area (TPSA) is 79.8 Å². The van der Waals surface area contributed by atoms with Gasteiger partial charge >= 0.3 is 11.7 Å². The summed E-state index contributed by atoms with van der Waals surface area (Å²) in [6.07, 6.45) is 4.67. The average molecular weight is 262 g/mol. The number of unbranched alkanes of at least 4 members (excludes halogenated alkanes) is 2. The molecule has 0 heterocycles. The minimum atomic E-state index is -0.614. The average Bonchev–Trinajstić information content (AvgIpc) is 2.43. The molecule has 5 heteroatoms. The van der Waals surface area contributed by atoms with Gasteiger partial charge in [0.2, 0.25) is 5.78 Å². The number of Topliss-reactive ketones (excluding diaryl/α,β-unsaturated/α-hetero) is 1. The third-order valence-electron chi connectivity index (χ3n) is 2.29. The van der Waals surface area contributed by atoms with E-state index < -0.39 is 11.8 Å². The SMILES string of the molecule is C=CCCCC#CCCC(=O)C(CC(=O)OC)=[N+]=[N-]. The van der Waals surface area contributed by atoms with Crippen LogP contribution in [-0.4, -0.2) is 29.4 Å². The molecule has 0 radical (unpaired) electrons. The number of nitrogens with zero attached hydrogens (tertiary/aromatic N) is 2. The molecule has 0 fully saturated rings. The molecule has 5 nitrogen and oxygen atoms in total. The predicted molar refractivity (Wildman–Crippen MR) is 71.3 cm³/mol. The zero-order chi connectivity index (χ0) is 14.5. The van der Waals surface area contributed by atoms with Gasteiger partial charge in [-0.3, -0.25) is 9.59 Å². The number of ketones is 1. The summed E-state index contributed by atoms with van der Waals surface area (Å²) in [5.41, 5.74) is 8.46. The lowest BCUT2D eigenvalue weighted by Gasteiger charge is -1.94. The number of carbonyl (C=O) groups excluding carboxylic acids is 2. The molecule has 19 heavy (non-hydrogen) atoms. The molecule has 0 bridgehead atoms. The van der Waals surface area contributed by atoms with Gasteiger partial charge in [0.25, 0.3) is 0 Å². The maximum Gasteiger partial charge on any atom is 0.345 e. The fraction of sp³-hybridized carbons (Fsp3) is 0.500. The van der Waals surface area contributed by atoms with Crippen LogP contribution in [0.1, 0.15) is 38.5 Å². The first-order chi connectivity index (χ1) is 9.15. The lowest BCUT2D eigenvalue weighted by molar-refractivity contribution is -0.140. The van der Waals surface area contributed by atoms with Gasteiger partial charge in [0, 0.05) is 19.3 Å². The van der Waals surface area contributed by atoms with Gasteiger partial charge in [0.05, 0.1) is 7.11 Å². The van der Waals surface area contributed by atoms with Gasteiger partial charge in [-0.05, 0) is 12.8 Å². The molecule has 0 spiro atoms. The van der Waals surface area contributed by atoms with E-state index in [1.165, 1.54) is 7.11 Å². The van der Waals surface area contributed by atoms with Gasteiger partial charge in [0.1, 0.15) is 0 Å². The highest BCUT2D eigenvalue weighted by Crippen LogP contribution is 1.97. The second kappa shape index (κ2) is 10.9. The van der Waals surface area contributed by atoms with Crippen molar-refractivity contribution in [2.45, 2.75) is 38.5 Å². The normalized spacial score (nSPS) is 8.68. The van der Waals surface area contributed by atoms with E-state index in [2.05, 4.69) is 27.9 Å². The predicted octanol–water partition coefficient (Wildman–Crippen LogP) is 1.93. The minimum absolute atomic E-state index is 0.130. The van der Waals surface area contributed by atoms with Crippen LogP contribution in [0.5, 0.6) is 0 Å². The molecule has 0 atom stereocenters. The third-order valence-corrected chi connectivity index (χ3v) is 2.29. The Bertz CT molecular complexity index is 437. The van der Waals surface area contributed by atoms with Crippen molar-refractivity contribution in [2.75, 3.05) is 7.11 Å². The zero-order valence-corrected chi connectivity index (χ0v) is 11.1. The fourth-order valence-electron chi connectivity index (χ4n) is 1.23. The standard InChI is InChI=1S/C14H18N2O3/c1-3-4-5-6-7-8-9-10-13(17)12(16-15)11-14(18)19-2/h3H,1,4-6,9-11H2,2H3. The van der Waals surface area contributed by atoms with Crippen molar-refractivity contribution in [3.63, 3.8) is 0 Å². The summed E-state index contributed by atoms with van der Waals surface area (Å²) >= 11 is 0. The molecular weight excluding hydrogens is 244 g/mol.